The first kappa shape index (κ1) is 13.6. The predicted octanol–water partition coefficient (Wildman–Crippen LogP) is 2.14. The highest BCUT2D eigenvalue weighted by Gasteiger charge is 2.18. The van der Waals surface area contributed by atoms with Gasteiger partial charge < -0.3 is 15.3 Å². The van der Waals surface area contributed by atoms with Gasteiger partial charge in [0.1, 0.15) is 11.9 Å². The lowest BCUT2D eigenvalue weighted by Gasteiger charge is -2.17. The zero-order valence-corrected chi connectivity index (χ0v) is 9.62. The van der Waals surface area contributed by atoms with E-state index in [0.717, 1.165) is 0 Å². The SMILES string of the molecule is [N-]=[N+]=NCCC(O)C(O)c1ccc(O)c(Cl)c1. The lowest BCUT2D eigenvalue weighted by Crippen LogP contribution is -2.19. The quantitative estimate of drug-likeness (QED) is 0.427. The van der Waals surface area contributed by atoms with Gasteiger partial charge >= 0.3 is 0 Å². The first-order chi connectivity index (χ1) is 8.06. The molecule has 0 spiro atoms. The monoisotopic (exact) mass is 257 g/mol. The van der Waals surface area contributed by atoms with Gasteiger partial charge in [0.15, 0.2) is 0 Å². The van der Waals surface area contributed by atoms with Crippen LogP contribution in [0.15, 0.2) is 23.3 Å². The number of aliphatic hydroxyl groups excluding tert-OH is 2. The average Bonchev–Trinajstić information content (AvgIpc) is 2.32. The van der Waals surface area contributed by atoms with Gasteiger partial charge in [0.25, 0.3) is 0 Å². The predicted molar refractivity (Wildman–Crippen MR) is 62.7 cm³/mol. The van der Waals surface area contributed by atoms with Crippen molar-refractivity contribution >= 4 is 11.6 Å². The number of halogens is 1. The van der Waals surface area contributed by atoms with Gasteiger partial charge in [-0.05, 0) is 29.6 Å². The molecule has 0 aliphatic heterocycles. The standard InChI is InChI=1S/C10H12ClN3O3/c11-7-5-6(1-2-8(7)15)10(17)9(16)3-4-13-14-12/h1-2,5,9-10,15-17H,3-4H2. The van der Waals surface area contributed by atoms with Gasteiger partial charge in [-0.25, -0.2) is 0 Å². The van der Waals surface area contributed by atoms with Crippen LogP contribution in [-0.2, 0) is 0 Å². The smallest absolute Gasteiger partial charge is 0.134 e. The van der Waals surface area contributed by atoms with Crippen molar-refractivity contribution in [1.29, 1.82) is 0 Å². The van der Waals surface area contributed by atoms with Crippen LogP contribution in [-0.4, -0.2) is 28.0 Å². The summed E-state index contributed by atoms with van der Waals surface area (Å²) in [6.45, 7) is 0.0978. The Hall–Kier alpha value is -1.46. The van der Waals surface area contributed by atoms with Crippen LogP contribution in [0, 0.1) is 0 Å². The van der Waals surface area contributed by atoms with Crippen molar-refractivity contribution in [3.8, 4) is 5.75 Å². The van der Waals surface area contributed by atoms with Gasteiger partial charge in [0, 0.05) is 11.5 Å². The number of hydrogen-bond donors (Lipinski definition) is 3. The van der Waals surface area contributed by atoms with Crippen LogP contribution < -0.4 is 0 Å². The molecule has 1 rings (SSSR count). The molecule has 0 aliphatic carbocycles. The molecule has 2 atom stereocenters. The Morgan fingerprint density at radius 3 is 2.71 bits per heavy atom. The molecule has 3 N–H and O–H groups in total. The summed E-state index contributed by atoms with van der Waals surface area (Å²) < 4.78 is 0. The van der Waals surface area contributed by atoms with E-state index in [9.17, 15) is 15.3 Å². The van der Waals surface area contributed by atoms with Crippen molar-refractivity contribution in [2.24, 2.45) is 5.11 Å². The second-order valence-electron chi connectivity index (χ2n) is 3.47. The molecule has 0 bridgehead atoms. The molecule has 0 heterocycles. The highest BCUT2D eigenvalue weighted by atomic mass is 35.5. The summed E-state index contributed by atoms with van der Waals surface area (Å²) in [5.41, 5.74) is 8.46. The highest BCUT2D eigenvalue weighted by molar-refractivity contribution is 6.32. The van der Waals surface area contributed by atoms with Crippen molar-refractivity contribution in [2.75, 3.05) is 6.54 Å². The van der Waals surface area contributed by atoms with E-state index in [-0.39, 0.29) is 23.7 Å². The molecule has 0 saturated carbocycles. The minimum Gasteiger partial charge on any atom is -0.506 e. The molecule has 1 aromatic rings. The molecule has 7 heteroatoms. The lowest BCUT2D eigenvalue weighted by atomic mass is 10.0. The van der Waals surface area contributed by atoms with Crippen LogP contribution in [0.5, 0.6) is 5.75 Å². The Morgan fingerprint density at radius 1 is 1.41 bits per heavy atom. The first-order valence-corrected chi connectivity index (χ1v) is 5.29. The second-order valence-corrected chi connectivity index (χ2v) is 3.87. The van der Waals surface area contributed by atoms with E-state index >= 15 is 0 Å². The third-order valence-electron chi connectivity index (χ3n) is 2.27. The number of rotatable bonds is 5. The topological polar surface area (TPSA) is 109 Å². The van der Waals surface area contributed by atoms with Crippen LogP contribution in [0.25, 0.3) is 10.4 Å². The van der Waals surface area contributed by atoms with Crippen LogP contribution in [0.4, 0.5) is 0 Å². The number of azide groups is 1. The number of aromatic hydroxyl groups is 1. The fraction of sp³-hybridized carbons (Fsp3) is 0.400. The summed E-state index contributed by atoms with van der Waals surface area (Å²) in [7, 11) is 0. The van der Waals surface area contributed by atoms with Crippen LogP contribution in [0.3, 0.4) is 0 Å². The van der Waals surface area contributed by atoms with E-state index in [1.54, 1.807) is 0 Å². The fourth-order valence-electron chi connectivity index (χ4n) is 1.32. The van der Waals surface area contributed by atoms with Crippen molar-refractivity contribution in [3.63, 3.8) is 0 Å². The number of benzene rings is 1. The minimum absolute atomic E-state index is 0.0915. The second kappa shape index (κ2) is 6.32. The molecule has 0 aliphatic rings. The normalized spacial score (nSPS) is 13.8. The van der Waals surface area contributed by atoms with Gasteiger partial charge in [0.05, 0.1) is 11.1 Å². The third-order valence-corrected chi connectivity index (χ3v) is 2.57. The maximum atomic E-state index is 9.78. The molecule has 0 aromatic heterocycles. The molecule has 17 heavy (non-hydrogen) atoms. The molecule has 2 unspecified atom stereocenters. The molecule has 1 aromatic carbocycles. The Bertz CT molecular complexity index is 435. The summed E-state index contributed by atoms with van der Waals surface area (Å²) in [6, 6.07) is 4.17. The van der Waals surface area contributed by atoms with Crippen LogP contribution in [0.2, 0.25) is 5.02 Å². The van der Waals surface area contributed by atoms with Gasteiger partial charge in [0.2, 0.25) is 0 Å². The maximum Gasteiger partial charge on any atom is 0.134 e. The minimum atomic E-state index is -1.14. The Morgan fingerprint density at radius 2 is 2.12 bits per heavy atom. The molecular formula is C10H12ClN3O3. The average molecular weight is 258 g/mol. The molecule has 0 amide bonds. The summed E-state index contributed by atoms with van der Waals surface area (Å²) in [5.74, 6) is -0.0915. The highest BCUT2D eigenvalue weighted by Crippen LogP contribution is 2.28. The Balaban J connectivity index is 2.70. The van der Waals surface area contributed by atoms with Gasteiger partial charge in [-0.15, -0.1) is 0 Å². The summed E-state index contributed by atoms with van der Waals surface area (Å²) >= 11 is 5.68. The number of phenols is 1. The van der Waals surface area contributed by atoms with E-state index in [4.69, 9.17) is 17.1 Å². The van der Waals surface area contributed by atoms with E-state index in [0.29, 0.717) is 5.56 Å². The van der Waals surface area contributed by atoms with Gasteiger partial charge in [-0.2, -0.15) is 0 Å². The Labute approximate surface area is 103 Å². The van der Waals surface area contributed by atoms with E-state index < -0.39 is 12.2 Å². The summed E-state index contributed by atoms with van der Waals surface area (Å²) in [5, 5.41) is 32.0. The van der Waals surface area contributed by atoms with Crippen LogP contribution >= 0.6 is 11.6 Å². The van der Waals surface area contributed by atoms with Gasteiger partial charge in [-0.3, -0.25) is 0 Å². The van der Waals surface area contributed by atoms with E-state index in [1.807, 2.05) is 0 Å². The molecule has 0 radical (unpaired) electrons. The van der Waals surface area contributed by atoms with Crippen molar-refractivity contribution in [2.45, 2.75) is 18.6 Å². The van der Waals surface area contributed by atoms with Crippen molar-refractivity contribution < 1.29 is 15.3 Å². The summed E-state index contributed by atoms with van der Waals surface area (Å²) in [6.07, 6.45) is -2.05. The number of phenolic OH excluding ortho intramolecular Hbond substituents is 1. The lowest BCUT2D eigenvalue weighted by molar-refractivity contribution is 0.0150. The summed E-state index contributed by atoms with van der Waals surface area (Å²) in [4.78, 5) is 2.54. The number of aliphatic hydroxyl groups is 2. The van der Waals surface area contributed by atoms with Crippen LogP contribution in [0.1, 0.15) is 18.1 Å². The molecule has 0 fully saturated rings. The van der Waals surface area contributed by atoms with E-state index in [1.165, 1.54) is 18.2 Å². The van der Waals surface area contributed by atoms with E-state index in [2.05, 4.69) is 10.0 Å². The molecule has 92 valence electrons. The first-order valence-electron chi connectivity index (χ1n) is 4.91. The molecule has 6 nitrogen and oxygen atoms in total. The van der Waals surface area contributed by atoms with Crippen molar-refractivity contribution in [3.05, 3.63) is 39.2 Å². The largest absolute Gasteiger partial charge is 0.506 e. The fourth-order valence-corrected chi connectivity index (χ4v) is 1.51. The van der Waals surface area contributed by atoms with Gasteiger partial charge in [-0.1, -0.05) is 22.8 Å². The third kappa shape index (κ3) is 3.80. The van der Waals surface area contributed by atoms with Crippen molar-refractivity contribution in [1.82, 2.24) is 0 Å². The number of hydrogen-bond acceptors (Lipinski definition) is 4. The molecule has 0 saturated heterocycles. The number of nitrogens with zero attached hydrogens (tertiary/aromatic N) is 3. The Kier molecular flexibility index (Phi) is 5.06. The maximum absolute atomic E-state index is 9.78. The molecular weight excluding hydrogens is 246 g/mol. The zero-order chi connectivity index (χ0) is 12.8. The zero-order valence-electron chi connectivity index (χ0n) is 8.86.